The molecule has 0 saturated heterocycles. The van der Waals surface area contributed by atoms with Gasteiger partial charge in [-0.25, -0.2) is 0 Å². The molecule has 28 heavy (non-hydrogen) atoms. The minimum atomic E-state index is -0.794. The summed E-state index contributed by atoms with van der Waals surface area (Å²) in [6.45, 7) is 3.51. The molecule has 0 fully saturated rings. The highest BCUT2D eigenvalue weighted by Gasteiger charge is 2.25. The van der Waals surface area contributed by atoms with E-state index in [-0.39, 0.29) is 12.5 Å². The molecule has 2 aromatic carbocycles. The number of hydrogen-bond donors (Lipinski definition) is 3. The Hall–Kier alpha value is -2.48. The Morgan fingerprint density at radius 3 is 2.54 bits per heavy atom. The van der Waals surface area contributed by atoms with Gasteiger partial charge in [-0.05, 0) is 71.8 Å². The van der Waals surface area contributed by atoms with Crippen LogP contribution >= 0.6 is 22.6 Å². The van der Waals surface area contributed by atoms with Crippen LogP contribution in [-0.2, 0) is 6.61 Å². The molecule has 0 amide bonds. The zero-order valence-electron chi connectivity index (χ0n) is 15.3. The monoisotopic (exact) mass is 490 g/mol. The maximum atomic E-state index is 10.3. The highest BCUT2D eigenvalue weighted by atomic mass is 127. The van der Waals surface area contributed by atoms with Gasteiger partial charge in [0.15, 0.2) is 0 Å². The van der Waals surface area contributed by atoms with Crippen LogP contribution in [0.25, 0.3) is 11.5 Å². The van der Waals surface area contributed by atoms with Crippen LogP contribution in [-0.4, -0.2) is 26.5 Å². The van der Waals surface area contributed by atoms with Crippen molar-refractivity contribution in [3.05, 3.63) is 62.5 Å². The molecule has 1 aromatic heterocycles. The number of nitriles is 1. The molecule has 144 valence electrons. The molecule has 0 unspecified atom stereocenters. The lowest BCUT2D eigenvalue weighted by molar-refractivity contribution is 0.159. The van der Waals surface area contributed by atoms with Crippen molar-refractivity contribution < 1.29 is 14.6 Å². The number of halogens is 1. The summed E-state index contributed by atoms with van der Waals surface area (Å²) >= 11 is 2.13. The van der Waals surface area contributed by atoms with Crippen LogP contribution in [0, 0.1) is 21.8 Å². The quantitative estimate of drug-likeness (QED) is 0.453. The number of rotatable bonds is 6. The Labute approximate surface area is 176 Å². The smallest absolute Gasteiger partial charge is 0.247 e. The molecule has 0 aliphatic rings. The Bertz CT molecular complexity index is 1010. The highest BCUT2D eigenvalue weighted by molar-refractivity contribution is 14.1. The first-order chi connectivity index (χ1) is 13.4. The van der Waals surface area contributed by atoms with E-state index in [1.807, 2.05) is 6.92 Å². The molecular weight excluding hydrogens is 471 g/mol. The van der Waals surface area contributed by atoms with Gasteiger partial charge in [0.2, 0.25) is 11.8 Å². The predicted octanol–water partition coefficient (Wildman–Crippen LogP) is 3.55. The van der Waals surface area contributed by atoms with E-state index in [9.17, 15) is 5.11 Å². The van der Waals surface area contributed by atoms with Crippen molar-refractivity contribution in [1.29, 1.82) is 5.26 Å². The van der Waals surface area contributed by atoms with Crippen molar-refractivity contribution >= 4 is 28.3 Å². The summed E-state index contributed by atoms with van der Waals surface area (Å²) in [5, 5.41) is 40.0. The summed E-state index contributed by atoms with van der Waals surface area (Å²) in [6.07, 6.45) is -0.794. The highest BCUT2D eigenvalue weighted by Crippen LogP contribution is 2.30. The molecule has 0 aliphatic heterocycles. The van der Waals surface area contributed by atoms with Crippen LogP contribution in [0.2, 0.25) is 0 Å². The Kier molecular flexibility index (Phi) is 6.28. The van der Waals surface area contributed by atoms with E-state index >= 15 is 0 Å². The van der Waals surface area contributed by atoms with Gasteiger partial charge in [-0.15, -0.1) is 10.2 Å². The first kappa shape index (κ1) is 20.3. The van der Waals surface area contributed by atoms with Crippen LogP contribution in [0.4, 0.5) is 5.69 Å². The summed E-state index contributed by atoms with van der Waals surface area (Å²) in [4.78, 5) is 0. The molecule has 8 heteroatoms. The number of benzene rings is 2. The molecule has 7 nitrogen and oxygen atoms in total. The van der Waals surface area contributed by atoms with Gasteiger partial charge < -0.3 is 19.9 Å². The van der Waals surface area contributed by atoms with Crippen molar-refractivity contribution in [2.75, 3.05) is 5.32 Å². The molecule has 2 atom stereocenters. The average Bonchev–Trinajstić information content (AvgIpc) is 3.18. The molecule has 0 spiro atoms. The second kappa shape index (κ2) is 8.68. The van der Waals surface area contributed by atoms with Gasteiger partial charge in [-0.1, -0.05) is 12.1 Å². The van der Waals surface area contributed by atoms with E-state index in [0.717, 1.165) is 25.9 Å². The number of nitrogens with one attached hydrogen (secondary N) is 1. The maximum absolute atomic E-state index is 10.3. The van der Waals surface area contributed by atoms with Gasteiger partial charge in [0, 0.05) is 14.8 Å². The lowest BCUT2D eigenvalue weighted by atomic mass is 10.1. The van der Waals surface area contributed by atoms with Crippen molar-refractivity contribution in [1.82, 2.24) is 10.2 Å². The summed E-state index contributed by atoms with van der Waals surface area (Å²) in [6, 6.07) is 12.2. The lowest BCUT2D eigenvalue weighted by Crippen LogP contribution is -2.23. The molecule has 0 saturated carbocycles. The fourth-order valence-corrected chi connectivity index (χ4v) is 3.30. The zero-order valence-corrected chi connectivity index (χ0v) is 17.5. The third-order valence-electron chi connectivity index (χ3n) is 4.39. The minimum Gasteiger partial charge on any atom is -0.418 e. The molecule has 3 rings (SSSR count). The van der Waals surface area contributed by atoms with Gasteiger partial charge in [-0.2, -0.15) is 5.26 Å². The van der Waals surface area contributed by atoms with Crippen LogP contribution < -0.4 is 5.32 Å². The van der Waals surface area contributed by atoms with Crippen LogP contribution in [0.3, 0.4) is 0 Å². The number of nitrogens with zero attached hydrogens (tertiary/aromatic N) is 3. The first-order valence-corrected chi connectivity index (χ1v) is 9.69. The summed E-state index contributed by atoms with van der Waals surface area (Å²) in [5.74, 6) is 0.591. The second-order valence-corrected chi connectivity index (χ2v) is 7.45. The van der Waals surface area contributed by atoms with E-state index < -0.39 is 12.1 Å². The SMILES string of the molecule is Cc1c(N[C@@H](c2nnc(-c3ccc(CO)cc3)o2)[C@H](C)O)ccc(C#N)c1I. The summed E-state index contributed by atoms with van der Waals surface area (Å²) in [7, 11) is 0. The van der Waals surface area contributed by atoms with E-state index in [1.165, 1.54) is 0 Å². The number of hydrogen-bond acceptors (Lipinski definition) is 7. The minimum absolute atomic E-state index is 0.0356. The zero-order chi connectivity index (χ0) is 20.3. The molecule has 0 bridgehead atoms. The third kappa shape index (κ3) is 4.16. The van der Waals surface area contributed by atoms with Crippen LogP contribution in [0.1, 0.15) is 35.5 Å². The lowest BCUT2D eigenvalue weighted by Gasteiger charge is -2.21. The molecule has 0 aliphatic carbocycles. The number of aromatic nitrogens is 2. The van der Waals surface area contributed by atoms with Gasteiger partial charge in [0.1, 0.15) is 12.1 Å². The number of aliphatic hydroxyl groups excluding tert-OH is 2. The summed E-state index contributed by atoms with van der Waals surface area (Å²) < 4.78 is 6.64. The fraction of sp³-hybridized carbons (Fsp3) is 0.250. The van der Waals surface area contributed by atoms with Gasteiger partial charge in [0.05, 0.1) is 18.3 Å². The largest absolute Gasteiger partial charge is 0.418 e. The molecule has 0 radical (unpaired) electrons. The first-order valence-electron chi connectivity index (χ1n) is 8.62. The Morgan fingerprint density at radius 2 is 1.93 bits per heavy atom. The topological polar surface area (TPSA) is 115 Å². The number of anilines is 1. The standard InChI is InChI=1S/C20H19IN4O3/c1-11-16(8-7-15(9-22)17(11)21)23-18(12(2)27)20-25-24-19(28-20)14-5-3-13(10-26)4-6-14/h3-8,12,18,23,26-27H,10H2,1-2H3/t12-,18+/m0/s1. The average molecular weight is 490 g/mol. The molecular formula is C20H19IN4O3. The normalized spacial score (nSPS) is 13.0. The van der Waals surface area contributed by atoms with Gasteiger partial charge in [0.25, 0.3) is 0 Å². The Morgan fingerprint density at radius 1 is 1.21 bits per heavy atom. The van der Waals surface area contributed by atoms with E-state index in [1.54, 1.807) is 43.3 Å². The van der Waals surface area contributed by atoms with Crippen molar-refractivity contribution in [2.24, 2.45) is 0 Å². The molecule has 3 N–H and O–H groups in total. The van der Waals surface area contributed by atoms with Gasteiger partial charge in [-0.3, -0.25) is 0 Å². The predicted molar refractivity (Wildman–Crippen MR) is 112 cm³/mol. The van der Waals surface area contributed by atoms with E-state index in [2.05, 4.69) is 44.2 Å². The van der Waals surface area contributed by atoms with E-state index in [0.29, 0.717) is 11.5 Å². The molecule has 3 aromatic rings. The van der Waals surface area contributed by atoms with Crippen molar-refractivity contribution in [2.45, 2.75) is 32.6 Å². The van der Waals surface area contributed by atoms with Crippen molar-refractivity contribution in [3.8, 4) is 17.5 Å². The van der Waals surface area contributed by atoms with Crippen LogP contribution in [0.15, 0.2) is 40.8 Å². The second-order valence-electron chi connectivity index (χ2n) is 6.37. The number of aliphatic hydroxyl groups is 2. The fourth-order valence-electron chi connectivity index (χ4n) is 2.71. The maximum Gasteiger partial charge on any atom is 0.247 e. The van der Waals surface area contributed by atoms with Gasteiger partial charge >= 0.3 is 0 Å². The molecule has 1 heterocycles. The Balaban J connectivity index is 1.88. The van der Waals surface area contributed by atoms with E-state index in [4.69, 9.17) is 14.8 Å². The van der Waals surface area contributed by atoms with Crippen molar-refractivity contribution in [3.63, 3.8) is 0 Å². The summed E-state index contributed by atoms with van der Waals surface area (Å²) in [5.41, 5.74) is 3.80. The third-order valence-corrected chi connectivity index (χ3v) is 5.78. The van der Waals surface area contributed by atoms with Crippen LogP contribution in [0.5, 0.6) is 0 Å².